The SMILES string of the molecule is COCCNC(CCC(=O)O)C(=O)c1ccc(C)cc1. The largest absolute Gasteiger partial charge is 0.481 e. The van der Waals surface area contributed by atoms with Crippen molar-refractivity contribution in [3.05, 3.63) is 35.4 Å². The van der Waals surface area contributed by atoms with Gasteiger partial charge in [0.05, 0.1) is 12.6 Å². The molecule has 0 spiro atoms. The van der Waals surface area contributed by atoms with Gasteiger partial charge in [-0.05, 0) is 13.3 Å². The summed E-state index contributed by atoms with van der Waals surface area (Å²) < 4.78 is 4.93. The van der Waals surface area contributed by atoms with Gasteiger partial charge in [0, 0.05) is 25.6 Å². The first-order valence-corrected chi connectivity index (χ1v) is 6.59. The first-order valence-electron chi connectivity index (χ1n) is 6.59. The summed E-state index contributed by atoms with van der Waals surface area (Å²) in [5.74, 6) is -0.984. The number of benzene rings is 1. The fourth-order valence-corrected chi connectivity index (χ4v) is 1.85. The second-order valence-corrected chi connectivity index (χ2v) is 4.66. The Bertz CT molecular complexity index is 442. The Morgan fingerprint density at radius 3 is 2.50 bits per heavy atom. The molecule has 1 rings (SSSR count). The first kappa shape index (κ1) is 16.3. The summed E-state index contributed by atoms with van der Waals surface area (Å²) in [5.41, 5.74) is 1.67. The molecule has 0 saturated heterocycles. The number of ketones is 1. The molecule has 1 atom stereocenters. The molecule has 0 radical (unpaired) electrons. The number of hydrogen-bond acceptors (Lipinski definition) is 4. The number of aliphatic carboxylic acids is 1. The molecule has 110 valence electrons. The van der Waals surface area contributed by atoms with Crippen LogP contribution in [0.25, 0.3) is 0 Å². The number of methoxy groups -OCH3 is 1. The Morgan fingerprint density at radius 2 is 1.95 bits per heavy atom. The number of hydrogen-bond donors (Lipinski definition) is 2. The lowest BCUT2D eigenvalue weighted by atomic mass is 9.99. The number of nitrogens with one attached hydrogen (secondary N) is 1. The predicted molar refractivity (Wildman–Crippen MR) is 76.0 cm³/mol. The third-order valence-corrected chi connectivity index (χ3v) is 3.00. The topological polar surface area (TPSA) is 75.6 Å². The zero-order chi connectivity index (χ0) is 15.0. The van der Waals surface area contributed by atoms with Crippen molar-refractivity contribution in [3.8, 4) is 0 Å². The lowest BCUT2D eigenvalue weighted by Gasteiger charge is -2.17. The van der Waals surface area contributed by atoms with E-state index in [2.05, 4.69) is 5.32 Å². The summed E-state index contributed by atoms with van der Waals surface area (Å²) in [6.45, 7) is 2.94. The number of carbonyl (C=O) groups is 2. The minimum absolute atomic E-state index is 0.0394. The molecule has 0 aromatic heterocycles. The Balaban J connectivity index is 2.71. The number of carboxylic acids is 1. The van der Waals surface area contributed by atoms with Crippen LogP contribution in [-0.2, 0) is 9.53 Å². The molecule has 5 nitrogen and oxygen atoms in total. The highest BCUT2D eigenvalue weighted by atomic mass is 16.5. The average molecular weight is 279 g/mol. The fraction of sp³-hybridized carbons (Fsp3) is 0.467. The van der Waals surface area contributed by atoms with E-state index in [1.165, 1.54) is 0 Å². The van der Waals surface area contributed by atoms with Gasteiger partial charge in [-0.15, -0.1) is 0 Å². The van der Waals surface area contributed by atoms with E-state index < -0.39 is 12.0 Å². The van der Waals surface area contributed by atoms with E-state index in [4.69, 9.17) is 9.84 Å². The number of ether oxygens (including phenoxy) is 1. The molecule has 0 aliphatic rings. The second kappa shape index (κ2) is 8.45. The smallest absolute Gasteiger partial charge is 0.303 e. The van der Waals surface area contributed by atoms with Crippen LogP contribution in [0.2, 0.25) is 0 Å². The van der Waals surface area contributed by atoms with Crippen LogP contribution in [0, 0.1) is 6.92 Å². The summed E-state index contributed by atoms with van der Waals surface area (Å²) in [4.78, 5) is 23.0. The highest BCUT2D eigenvalue weighted by Gasteiger charge is 2.20. The van der Waals surface area contributed by atoms with Crippen molar-refractivity contribution < 1.29 is 19.4 Å². The molecule has 20 heavy (non-hydrogen) atoms. The highest BCUT2D eigenvalue weighted by Crippen LogP contribution is 2.10. The monoisotopic (exact) mass is 279 g/mol. The zero-order valence-electron chi connectivity index (χ0n) is 11.9. The second-order valence-electron chi connectivity index (χ2n) is 4.66. The van der Waals surface area contributed by atoms with Crippen molar-refractivity contribution in [2.24, 2.45) is 0 Å². The molecule has 1 aromatic rings. The number of carboxylic acid groups (broad SMARTS) is 1. The van der Waals surface area contributed by atoms with E-state index in [9.17, 15) is 9.59 Å². The van der Waals surface area contributed by atoms with Crippen LogP contribution >= 0.6 is 0 Å². The van der Waals surface area contributed by atoms with Gasteiger partial charge in [0.1, 0.15) is 0 Å². The third-order valence-electron chi connectivity index (χ3n) is 3.00. The third kappa shape index (κ3) is 5.50. The summed E-state index contributed by atoms with van der Waals surface area (Å²) >= 11 is 0. The predicted octanol–water partition coefficient (Wildman–Crippen LogP) is 1.65. The Hall–Kier alpha value is -1.72. The van der Waals surface area contributed by atoms with Crippen molar-refractivity contribution in [1.82, 2.24) is 5.32 Å². The van der Waals surface area contributed by atoms with Gasteiger partial charge < -0.3 is 15.2 Å². The summed E-state index contributed by atoms with van der Waals surface area (Å²) in [6.07, 6.45) is 0.230. The highest BCUT2D eigenvalue weighted by molar-refractivity contribution is 6.00. The van der Waals surface area contributed by atoms with Gasteiger partial charge in [-0.1, -0.05) is 29.8 Å². The van der Waals surface area contributed by atoms with Crippen LogP contribution < -0.4 is 5.32 Å². The normalized spacial score (nSPS) is 12.1. The maximum absolute atomic E-state index is 12.4. The van der Waals surface area contributed by atoms with Gasteiger partial charge in [0.25, 0.3) is 0 Å². The van der Waals surface area contributed by atoms with Crippen molar-refractivity contribution in [2.45, 2.75) is 25.8 Å². The van der Waals surface area contributed by atoms with Crippen LogP contribution in [0.5, 0.6) is 0 Å². The molecule has 0 bridgehead atoms. The first-order chi connectivity index (χ1) is 9.54. The van der Waals surface area contributed by atoms with Gasteiger partial charge in [-0.25, -0.2) is 0 Å². The summed E-state index contributed by atoms with van der Waals surface area (Å²) in [6, 6.07) is 6.78. The molecule has 0 fully saturated rings. The number of Topliss-reactive ketones (excluding diaryl/α,β-unsaturated/α-hetero) is 1. The quantitative estimate of drug-likeness (QED) is 0.531. The molecular weight excluding hydrogens is 258 g/mol. The molecule has 1 aromatic carbocycles. The molecule has 1 unspecified atom stereocenters. The van der Waals surface area contributed by atoms with Gasteiger partial charge in [-0.3, -0.25) is 9.59 Å². The molecule has 0 amide bonds. The van der Waals surface area contributed by atoms with E-state index in [1.54, 1.807) is 19.2 Å². The van der Waals surface area contributed by atoms with Crippen LogP contribution in [-0.4, -0.2) is 43.2 Å². The van der Waals surface area contributed by atoms with Crippen LogP contribution in [0.3, 0.4) is 0 Å². The molecule has 0 aliphatic carbocycles. The van der Waals surface area contributed by atoms with E-state index in [-0.39, 0.29) is 18.6 Å². The van der Waals surface area contributed by atoms with Crippen molar-refractivity contribution in [2.75, 3.05) is 20.3 Å². The maximum Gasteiger partial charge on any atom is 0.303 e. The molecule has 2 N–H and O–H groups in total. The Kier molecular flexibility index (Phi) is 6.90. The van der Waals surface area contributed by atoms with Crippen molar-refractivity contribution in [3.63, 3.8) is 0 Å². The molecule has 5 heteroatoms. The van der Waals surface area contributed by atoms with Gasteiger partial charge in [0.2, 0.25) is 0 Å². The maximum atomic E-state index is 12.4. The van der Waals surface area contributed by atoms with E-state index in [0.717, 1.165) is 5.56 Å². The minimum atomic E-state index is -0.903. The van der Waals surface area contributed by atoms with Crippen LogP contribution in [0.1, 0.15) is 28.8 Å². The molecule has 0 aliphatic heterocycles. The summed E-state index contributed by atoms with van der Waals surface area (Å²) in [5, 5.41) is 11.8. The van der Waals surface area contributed by atoms with E-state index in [0.29, 0.717) is 18.7 Å². The van der Waals surface area contributed by atoms with Crippen LogP contribution in [0.4, 0.5) is 0 Å². The van der Waals surface area contributed by atoms with Crippen molar-refractivity contribution in [1.29, 1.82) is 0 Å². The van der Waals surface area contributed by atoms with Gasteiger partial charge >= 0.3 is 5.97 Å². The number of carbonyl (C=O) groups excluding carboxylic acids is 1. The van der Waals surface area contributed by atoms with Crippen LogP contribution in [0.15, 0.2) is 24.3 Å². The van der Waals surface area contributed by atoms with Gasteiger partial charge in [0.15, 0.2) is 5.78 Å². The average Bonchev–Trinajstić information content (AvgIpc) is 2.42. The molecule has 0 heterocycles. The summed E-state index contributed by atoms with van der Waals surface area (Å²) in [7, 11) is 1.58. The molecular formula is C15H21NO4. The lowest BCUT2D eigenvalue weighted by molar-refractivity contribution is -0.137. The number of aryl methyl sites for hydroxylation is 1. The van der Waals surface area contributed by atoms with E-state index >= 15 is 0 Å². The minimum Gasteiger partial charge on any atom is -0.481 e. The zero-order valence-corrected chi connectivity index (χ0v) is 11.9. The number of rotatable bonds is 9. The standard InChI is InChI=1S/C15H21NO4/c1-11-3-5-12(6-4-11)15(19)13(7-8-14(17)18)16-9-10-20-2/h3-6,13,16H,7-10H2,1-2H3,(H,17,18). The van der Waals surface area contributed by atoms with Gasteiger partial charge in [-0.2, -0.15) is 0 Å². The van der Waals surface area contributed by atoms with E-state index in [1.807, 2.05) is 19.1 Å². The molecule has 0 saturated carbocycles. The lowest BCUT2D eigenvalue weighted by Crippen LogP contribution is -2.39. The fourth-order valence-electron chi connectivity index (χ4n) is 1.85. The Morgan fingerprint density at radius 1 is 1.30 bits per heavy atom. The van der Waals surface area contributed by atoms with Crippen molar-refractivity contribution >= 4 is 11.8 Å². The Labute approximate surface area is 118 Å².